The second-order valence-electron chi connectivity index (χ2n) is 7.03. The van der Waals surface area contributed by atoms with Crippen LogP contribution in [0.5, 0.6) is 0 Å². The van der Waals surface area contributed by atoms with Crippen LogP contribution in [-0.4, -0.2) is 35.1 Å². The zero-order valence-corrected chi connectivity index (χ0v) is 14.7. The highest BCUT2D eigenvalue weighted by Gasteiger charge is 2.30. The molecule has 0 heterocycles. The van der Waals surface area contributed by atoms with Crippen LogP contribution >= 0.6 is 0 Å². The van der Waals surface area contributed by atoms with Crippen molar-refractivity contribution in [3.8, 4) is 0 Å². The van der Waals surface area contributed by atoms with Crippen molar-refractivity contribution in [2.75, 3.05) is 0 Å². The molecule has 0 saturated heterocycles. The van der Waals surface area contributed by atoms with Crippen LogP contribution in [0.15, 0.2) is 24.3 Å². The molecule has 3 N–H and O–H groups in total. The number of aryl methyl sites for hydroxylation is 1. The first kappa shape index (κ1) is 18.5. The van der Waals surface area contributed by atoms with E-state index in [0.717, 1.165) is 24.8 Å². The molecule has 0 aliphatic heterocycles. The summed E-state index contributed by atoms with van der Waals surface area (Å²) in [7, 11) is 0. The number of aliphatic hydroxyl groups excluding tert-OH is 1. The van der Waals surface area contributed by atoms with E-state index in [2.05, 4.69) is 10.6 Å². The molecule has 1 fully saturated rings. The highest BCUT2D eigenvalue weighted by Crippen LogP contribution is 2.19. The van der Waals surface area contributed by atoms with E-state index in [1.54, 1.807) is 12.1 Å². The monoisotopic (exact) mass is 332 g/mol. The minimum absolute atomic E-state index is 0.0415. The van der Waals surface area contributed by atoms with Gasteiger partial charge in [0.15, 0.2) is 0 Å². The van der Waals surface area contributed by atoms with E-state index in [1.165, 1.54) is 0 Å². The van der Waals surface area contributed by atoms with Gasteiger partial charge < -0.3 is 15.7 Å². The first-order valence-corrected chi connectivity index (χ1v) is 8.74. The predicted octanol–water partition coefficient (Wildman–Crippen LogP) is 2.17. The number of benzene rings is 1. The molecule has 3 unspecified atom stereocenters. The third kappa shape index (κ3) is 4.81. The van der Waals surface area contributed by atoms with Gasteiger partial charge in [0.1, 0.15) is 6.04 Å². The first-order valence-electron chi connectivity index (χ1n) is 8.74. The van der Waals surface area contributed by atoms with Crippen LogP contribution in [0.1, 0.15) is 55.5 Å². The first-order chi connectivity index (χ1) is 11.4. The highest BCUT2D eigenvalue weighted by molar-refractivity contribution is 5.97. The number of hydrogen-bond donors (Lipinski definition) is 3. The third-order valence-electron chi connectivity index (χ3n) is 4.61. The van der Waals surface area contributed by atoms with Crippen molar-refractivity contribution < 1.29 is 14.7 Å². The normalized spacial score (nSPS) is 22.0. The molecule has 1 aliphatic carbocycles. The maximum atomic E-state index is 12.6. The van der Waals surface area contributed by atoms with E-state index in [0.29, 0.717) is 12.0 Å². The topological polar surface area (TPSA) is 78.4 Å². The number of amides is 2. The fourth-order valence-electron chi connectivity index (χ4n) is 3.02. The summed E-state index contributed by atoms with van der Waals surface area (Å²) in [6, 6.07) is 6.42. The molecule has 1 aromatic carbocycles. The fourth-order valence-corrected chi connectivity index (χ4v) is 3.02. The summed E-state index contributed by atoms with van der Waals surface area (Å²) in [6.45, 7) is 5.76. The largest absolute Gasteiger partial charge is 0.391 e. The molecule has 2 rings (SSSR count). The van der Waals surface area contributed by atoms with Gasteiger partial charge in [0.25, 0.3) is 5.91 Å². The second-order valence-corrected chi connectivity index (χ2v) is 7.03. The Morgan fingerprint density at radius 1 is 1.12 bits per heavy atom. The van der Waals surface area contributed by atoms with Crippen LogP contribution in [0.3, 0.4) is 0 Å². The Kier molecular flexibility index (Phi) is 6.37. The van der Waals surface area contributed by atoms with Crippen LogP contribution in [0.25, 0.3) is 0 Å². The lowest BCUT2D eigenvalue weighted by Crippen LogP contribution is -2.55. The van der Waals surface area contributed by atoms with Crippen LogP contribution in [0, 0.1) is 12.8 Å². The molecule has 0 aromatic heterocycles. The minimum Gasteiger partial charge on any atom is -0.391 e. The Morgan fingerprint density at radius 2 is 1.75 bits per heavy atom. The molecule has 0 spiro atoms. The van der Waals surface area contributed by atoms with E-state index in [4.69, 9.17) is 0 Å². The van der Waals surface area contributed by atoms with Gasteiger partial charge in [0.05, 0.1) is 12.1 Å². The van der Waals surface area contributed by atoms with Crippen molar-refractivity contribution in [3.05, 3.63) is 35.4 Å². The summed E-state index contributed by atoms with van der Waals surface area (Å²) in [5, 5.41) is 15.8. The van der Waals surface area contributed by atoms with Crippen molar-refractivity contribution in [2.24, 2.45) is 5.92 Å². The molecular weight excluding hydrogens is 304 g/mol. The average Bonchev–Trinajstić information content (AvgIpc) is 2.54. The molecule has 5 heteroatoms. The van der Waals surface area contributed by atoms with Crippen LogP contribution in [0.4, 0.5) is 0 Å². The zero-order chi connectivity index (χ0) is 17.7. The molecule has 132 valence electrons. The summed E-state index contributed by atoms with van der Waals surface area (Å²) in [5.41, 5.74) is 1.62. The molecule has 5 nitrogen and oxygen atoms in total. The van der Waals surface area contributed by atoms with Gasteiger partial charge in [0, 0.05) is 5.56 Å². The van der Waals surface area contributed by atoms with Gasteiger partial charge in [-0.05, 0) is 37.8 Å². The third-order valence-corrected chi connectivity index (χ3v) is 4.61. The van der Waals surface area contributed by atoms with Gasteiger partial charge in [-0.2, -0.15) is 0 Å². The molecule has 2 amide bonds. The van der Waals surface area contributed by atoms with Crippen molar-refractivity contribution in [3.63, 3.8) is 0 Å². The standard InChI is InChI=1S/C19H28N2O3/c1-12(2)17(19(24)20-15-6-4-5-7-16(15)22)21-18(23)14-10-8-13(3)9-11-14/h8-12,15-17,22H,4-7H2,1-3H3,(H,20,24)(H,21,23). The van der Waals surface area contributed by atoms with Gasteiger partial charge in [-0.3, -0.25) is 9.59 Å². The Bertz CT molecular complexity index is 568. The Balaban J connectivity index is 2.01. The Hall–Kier alpha value is -1.88. The van der Waals surface area contributed by atoms with Crippen LogP contribution < -0.4 is 10.6 Å². The van der Waals surface area contributed by atoms with Gasteiger partial charge in [-0.15, -0.1) is 0 Å². The van der Waals surface area contributed by atoms with E-state index in [9.17, 15) is 14.7 Å². The minimum atomic E-state index is -0.618. The SMILES string of the molecule is Cc1ccc(C(=O)NC(C(=O)NC2CCCCC2O)C(C)C)cc1. The van der Waals surface area contributed by atoms with Crippen molar-refractivity contribution in [1.29, 1.82) is 0 Å². The van der Waals surface area contributed by atoms with Gasteiger partial charge >= 0.3 is 0 Å². The molecular formula is C19H28N2O3. The maximum Gasteiger partial charge on any atom is 0.251 e. The molecule has 1 aliphatic rings. The van der Waals surface area contributed by atoms with E-state index in [-0.39, 0.29) is 23.8 Å². The lowest BCUT2D eigenvalue weighted by molar-refractivity contribution is -0.125. The van der Waals surface area contributed by atoms with Crippen LogP contribution in [0.2, 0.25) is 0 Å². The van der Waals surface area contributed by atoms with Gasteiger partial charge in [-0.25, -0.2) is 0 Å². The summed E-state index contributed by atoms with van der Waals surface area (Å²) in [6.07, 6.45) is 3.00. The lowest BCUT2D eigenvalue weighted by Gasteiger charge is -2.31. The van der Waals surface area contributed by atoms with Crippen molar-refractivity contribution in [1.82, 2.24) is 10.6 Å². The fraction of sp³-hybridized carbons (Fsp3) is 0.579. The smallest absolute Gasteiger partial charge is 0.251 e. The number of hydrogen-bond acceptors (Lipinski definition) is 3. The maximum absolute atomic E-state index is 12.6. The summed E-state index contributed by atoms with van der Waals surface area (Å²) >= 11 is 0. The number of aliphatic hydroxyl groups is 1. The molecule has 24 heavy (non-hydrogen) atoms. The second kappa shape index (κ2) is 8.29. The van der Waals surface area contributed by atoms with Crippen LogP contribution in [-0.2, 0) is 4.79 Å². The molecule has 3 atom stereocenters. The Morgan fingerprint density at radius 3 is 2.33 bits per heavy atom. The molecule has 0 bridgehead atoms. The van der Waals surface area contributed by atoms with Gasteiger partial charge in [-0.1, -0.05) is 44.4 Å². The van der Waals surface area contributed by atoms with Crippen molar-refractivity contribution >= 4 is 11.8 Å². The number of nitrogens with one attached hydrogen (secondary N) is 2. The summed E-state index contributed by atoms with van der Waals surface area (Å²) in [4.78, 5) is 25.0. The number of rotatable bonds is 5. The average molecular weight is 332 g/mol. The van der Waals surface area contributed by atoms with E-state index in [1.807, 2.05) is 32.9 Å². The lowest BCUT2D eigenvalue weighted by atomic mass is 9.92. The van der Waals surface area contributed by atoms with Crippen molar-refractivity contribution in [2.45, 2.75) is 64.6 Å². The summed E-state index contributed by atoms with van der Waals surface area (Å²) in [5.74, 6) is -0.524. The Labute approximate surface area is 143 Å². The zero-order valence-electron chi connectivity index (χ0n) is 14.7. The van der Waals surface area contributed by atoms with Gasteiger partial charge in [0.2, 0.25) is 5.91 Å². The number of carbonyl (C=O) groups is 2. The molecule has 0 radical (unpaired) electrons. The quantitative estimate of drug-likeness (QED) is 0.773. The molecule has 1 aromatic rings. The predicted molar refractivity (Wildman–Crippen MR) is 93.7 cm³/mol. The summed E-state index contributed by atoms with van der Waals surface area (Å²) < 4.78 is 0. The van der Waals surface area contributed by atoms with E-state index < -0.39 is 12.1 Å². The van der Waals surface area contributed by atoms with E-state index >= 15 is 0 Å². The molecule has 1 saturated carbocycles. The highest BCUT2D eigenvalue weighted by atomic mass is 16.3. The number of carbonyl (C=O) groups excluding carboxylic acids is 2.